The molecule has 0 amide bonds. The maximum absolute atomic E-state index is 11.8. The highest BCUT2D eigenvalue weighted by Crippen LogP contribution is 2.28. The van der Waals surface area contributed by atoms with Crippen molar-refractivity contribution in [2.45, 2.75) is 79.1 Å². The van der Waals surface area contributed by atoms with Gasteiger partial charge in [0.05, 0.1) is 0 Å². The number of rotatable bonds is 10. The first-order valence-electron chi connectivity index (χ1n) is 6.88. The van der Waals surface area contributed by atoms with Crippen LogP contribution in [0, 0.1) is 5.41 Å². The molecule has 0 aliphatic carbocycles. The Morgan fingerprint density at radius 3 is 2.18 bits per heavy atom. The van der Waals surface area contributed by atoms with E-state index in [1.54, 1.807) is 6.92 Å². The Bertz CT molecular complexity index is 241. The summed E-state index contributed by atoms with van der Waals surface area (Å²) in [5.74, 6) is 0.572. The van der Waals surface area contributed by atoms with Gasteiger partial charge in [0.15, 0.2) is 0 Å². The topological polar surface area (TPSA) is 34.1 Å². The SMILES string of the molecule is CCCCCCC(=O)CC(C)(C)CCC(C)=O. The van der Waals surface area contributed by atoms with E-state index in [0.717, 1.165) is 19.3 Å². The molecule has 0 heterocycles. The molecule has 0 aromatic heterocycles. The summed E-state index contributed by atoms with van der Waals surface area (Å²) >= 11 is 0. The Labute approximate surface area is 106 Å². The van der Waals surface area contributed by atoms with Crippen molar-refractivity contribution in [1.29, 1.82) is 0 Å². The summed E-state index contributed by atoms with van der Waals surface area (Å²) in [5.41, 5.74) is -0.0203. The first-order valence-corrected chi connectivity index (χ1v) is 6.88. The number of Topliss-reactive ketones (excluding diaryl/α,β-unsaturated/α-hetero) is 2. The van der Waals surface area contributed by atoms with Crippen LogP contribution in [0.2, 0.25) is 0 Å². The van der Waals surface area contributed by atoms with Gasteiger partial charge in [0, 0.05) is 19.3 Å². The lowest BCUT2D eigenvalue weighted by atomic mass is 9.81. The monoisotopic (exact) mass is 240 g/mol. The molecule has 0 bridgehead atoms. The summed E-state index contributed by atoms with van der Waals surface area (Å²) in [7, 11) is 0. The first kappa shape index (κ1) is 16.3. The molecule has 0 saturated heterocycles. The standard InChI is InChI=1S/C15H28O2/c1-5-6-7-8-9-14(17)12-15(3,4)11-10-13(2)16/h5-12H2,1-4H3. The zero-order chi connectivity index (χ0) is 13.3. The molecule has 100 valence electrons. The quantitative estimate of drug-likeness (QED) is 0.533. The number of carbonyl (C=O) groups excluding carboxylic acids is 2. The second-order valence-electron chi connectivity index (χ2n) is 5.89. The van der Waals surface area contributed by atoms with Crippen LogP contribution in [0.3, 0.4) is 0 Å². The van der Waals surface area contributed by atoms with Gasteiger partial charge in [-0.25, -0.2) is 0 Å². The van der Waals surface area contributed by atoms with Gasteiger partial charge >= 0.3 is 0 Å². The average molecular weight is 240 g/mol. The van der Waals surface area contributed by atoms with Gasteiger partial charge in [0.2, 0.25) is 0 Å². The Balaban J connectivity index is 3.80. The lowest BCUT2D eigenvalue weighted by molar-refractivity contribution is -0.122. The molecular weight excluding hydrogens is 212 g/mol. The molecule has 2 nitrogen and oxygen atoms in total. The number of ketones is 2. The minimum atomic E-state index is -0.0203. The smallest absolute Gasteiger partial charge is 0.133 e. The highest BCUT2D eigenvalue weighted by Gasteiger charge is 2.21. The molecule has 0 aromatic carbocycles. The maximum Gasteiger partial charge on any atom is 0.133 e. The molecule has 0 aliphatic heterocycles. The minimum Gasteiger partial charge on any atom is -0.300 e. The van der Waals surface area contributed by atoms with E-state index < -0.39 is 0 Å². The van der Waals surface area contributed by atoms with Crippen LogP contribution >= 0.6 is 0 Å². The molecule has 0 N–H and O–H groups in total. The summed E-state index contributed by atoms with van der Waals surface area (Å²) in [6.07, 6.45) is 7.36. The molecule has 17 heavy (non-hydrogen) atoms. The second-order valence-corrected chi connectivity index (χ2v) is 5.89. The van der Waals surface area contributed by atoms with Crippen LogP contribution in [0.4, 0.5) is 0 Å². The molecule has 2 heteroatoms. The number of unbranched alkanes of at least 4 members (excludes halogenated alkanes) is 3. The van der Waals surface area contributed by atoms with E-state index in [-0.39, 0.29) is 11.2 Å². The highest BCUT2D eigenvalue weighted by molar-refractivity contribution is 5.79. The van der Waals surface area contributed by atoms with E-state index in [2.05, 4.69) is 20.8 Å². The van der Waals surface area contributed by atoms with Gasteiger partial charge in [-0.05, 0) is 25.2 Å². The first-order chi connectivity index (χ1) is 7.87. The van der Waals surface area contributed by atoms with Crippen molar-refractivity contribution in [3.05, 3.63) is 0 Å². The molecule has 0 aliphatic rings. The Hall–Kier alpha value is -0.660. The van der Waals surface area contributed by atoms with Crippen LogP contribution in [-0.2, 0) is 9.59 Å². The van der Waals surface area contributed by atoms with Gasteiger partial charge in [-0.15, -0.1) is 0 Å². The van der Waals surface area contributed by atoms with E-state index in [1.165, 1.54) is 12.8 Å². The molecule has 0 atom stereocenters. The van der Waals surface area contributed by atoms with E-state index in [1.807, 2.05) is 0 Å². The lowest BCUT2D eigenvalue weighted by Gasteiger charge is -2.23. The summed E-state index contributed by atoms with van der Waals surface area (Å²) in [4.78, 5) is 22.7. The zero-order valence-electron chi connectivity index (χ0n) is 12.0. The van der Waals surface area contributed by atoms with Crippen molar-refractivity contribution in [2.75, 3.05) is 0 Å². The lowest BCUT2D eigenvalue weighted by Crippen LogP contribution is -2.18. The summed E-state index contributed by atoms with van der Waals surface area (Å²) < 4.78 is 0. The minimum absolute atomic E-state index is 0.0203. The summed E-state index contributed by atoms with van der Waals surface area (Å²) in [6, 6.07) is 0. The third-order valence-corrected chi connectivity index (χ3v) is 3.14. The van der Waals surface area contributed by atoms with Crippen molar-refractivity contribution >= 4 is 11.6 Å². The van der Waals surface area contributed by atoms with Gasteiger partial charge in [0.25, 0.3) is 0 Å². The Kier molecular flexibility index (Phi) is 8.11. The fourth-order valence-corrected chi connectivity index (χ4v) is 1.97. The van der Waals surface area contributed by atoms with Crippen LogP contribution in [0.15, 0.2) is 0 Å². The van der Waals surface area contributed by atoms with Crippen LogP contribution in [0.25, 0.3) is 0 Å². The summed E-state index contributed by atoms with van der Waals surface area (Å²) in [5, 5.41) is 0. The maximum atomic E-state index is 11.8. The van der Waals surface area contributed by atoms with Gasteiger partial charge in [-0.3, -0.25) is 4.79 Å². The van der Waals surface area contributed by atoms with E-state index >= 15 is 0 Å². The number of carbonyl (C=O) groups is 2. The molecule has 0 unspecified atom stereocenters. The molecule has 0 rings (SSSR count). The molecule has 0 spiro atoms. The largest absolute Gasteiger partial charge is 0.300 e. The summed E-state index contributed by atoms with van der Waals surface area (Å²) in [6.45, 7) is 7.95. The predicted molar refractivity (Wildman–Crippen MR) is 72.1 cm³/mol. The highest BCUT2D eigenvalue weighted by atomic mass is 16.1. The van der Waals surface area contributed by atoms with Gasteiger partial charge in [-0.2, -0.15) is 0 Å². The van der Waals surface area contributed by atoms with Crippen LogP contribution < -0.4 is 0 Å². The molecule has 0 saturated carbocycles. The second kappa shape index (κ2) is 8.43. The third kappa shape index (κ3) is 10.2. The fraction of sp³-hybridized carbons (Fsp3) is 0.867. The molecule has 0 radical (unpaired) electrons. The Morgan fingerprint density at radius 2 is 1.65 bits per heavy atom. The molecule has 0 aromatic rings. The average Bonchev–Trinajstić information content (AvgIpc) is 2.21. The van der Waals surface area contributed by atoms with E-state index in [9.17, 15) is 9.59 Å². The molecular formula is C15H28O2. The van der Waals surface area contributed by atoms with Crippen molar-refractivity contribution < 1.29 is 9.59 Å². The normalized spacial score (nSPS) is 11.5. The number of hydrogen-bond donors (Lipinski definition) is 0. The van der Waals surface area contributed by atoms with Crippen molar-refractivity contribution in [2.24, 2.45) is 5.41 Å². The third-order valence-electron chi connectivity index (χ3n) is 3.14. The van der Waals surface area contributed by atoms with Crippen LogP contribution in [0.1, 0.15) is 79.1 Å². The van der Waals surface area contributed by atoms with Gasteiger partial charge < -0.3 is 4.79 Å². The Morgan fingerprint density at radius 1 is 1.00 bits per heavy atom. The van der Waals surface area contributed by atoms with Crippen LogP contribution in [0.5, 0.6) is 0 Å². The van der Waals surface area contributed by atoms with E-state index in [0.29, 0.717) is 25.0 Å². The number of hydrogen-bond acceptors (Lipinski definition) is 2. The van der Waals surface area contributed by atoms with Crippen molar-refractivity contribution in [1.82, 2.24) is 0 Å². The zero-order valence-corrected chi connectivity index (χ0v) is 12.0. The van der Waals surface area contributed by atoms with Gasteiger partial charge in [0.1, 0.15) is 11.6 Å². The fourth-order valence-electron chi connectivity index (χ4n) is 1.97. The van der Waals surface area contributed by atoms with Gasteiger partial charge in [-0.1, -0.05) is 40.0 Å². The predicted octanol–water partition coefficient (Wildman–Crippen LogP) is 4.31. The van der Waals surface area contributed by atoms with Crippen molar-refractivity contribution in [3.8, 4) is 0 Å². The van der Waals surface area contributed by atoms with Crippen LogP contribution in [-0.4, -0.2) is 11.6 Å². The van der Waals surface area contributed by atoms with E-state index in [4.69, 9.17) is 0 Å². The molecule has 0 fully saturated rings. The van der Waals surface area contributed by atoms with Crippen molar-refractivity contribution in [3.63, 3.8) is 0 Å².